The number of hydrogen-bond acceptors (Lipinski definition) is 2. The highest BCUT2D eigenvalue weighted by atomic mass is 33.1. The summed E-state index contributed by atoms with van der Waals surface area (Å²) in [4.78, 5) is 0. The molecule has 0 amide bonds. The molecule has 0 unspecified atom stereocenters. The zero-order chi connectivity index (χ0) is 25.0. The molecule has 2 aromatic carbocycles. The second kappa shape index (κ2) is 13.9. The third-order valence-corrected chi connectivity index (χ3v) is 8.28. The molecule has 0 saturated carbocycles. The van der Waals surface area contributed by atoms with E-state index in [9.17, 15) is 0 Å². The Labute approximate surface area is 223 Å². The molecule has 4 heteroatoms. The molecule has 0 radical (unpaired) electrons. The lowest BCUT2D eigenvalue weighted by Crippen LogP contribution is -2.38. The SMILES string of the molecule is Cc1ccc(/C=C/c2cccc[n+]2CCSSCC[n+]2ccccc2/C=C/c2ccc(C)cc2)cc1. The van der Waals surface area contributed by atoms with Crippen LogP contribution >= 0.6 is 21.6 Å². The maximum Gasteiger partial charge on any atom is 0.205 e. The maximum absolute atomic E-state index is 2.33. The van der Waals surface area contributed by atoms with Crippen LogP contribution in [-0.4, -0.2) is 11.5 Å². The average Bonchev–Trinajstić information content (AvgIpc) is 2.91. The maximum atomic E-state index is 2.33. The molecule has 0 bridgehead atoms. The molecule has 4 rings (SSSR count). The lowest BCUT2D eigenvalue weighted by molar-refractivity contribution is -0.694. The summed E-state index contributed by atoms with van der Waals surface area (Å²) in [6.07, 6.45) is 13.1. The van der Waals surface area contributed by atoms with Crippen LogP contribution in [0.1, 0.15) is 33.6 Å². The predicted octanol–water partition coefficient (Wildman–Crippen LogP) is 7.30. The highest BCUT2D eigenvalue weighted by Gasteiger charge is 2.09. The van der Waals surface area contributed by atoms with Gasteiger partial charge in [0.2, 0.25) is 11.4 Å². The minimum atomic E-state index is 0.995. The van der Waals surface area contributed by atoms with E-state index < -0.39 is 0 Å². The second-order valence-electron chi connectivity index (χ2n) is 8.77. The molecule has 0 aliphatic carbocycles. The molecule has 2 nitrogen and oxygen atoms in total. The molecule has 0 aliphatic heterocycles. The van der Waals surface area contributed by atoms with Gasteiger partial charge in [0.15, 0.2) is 25.5 Å². The lowest BCUT2D eigenvalue weighted by atomic mass is 10.1. The lowest BCUT2D eigenvalue weighted by Gasteiger charge is -2.02. The van der Waals surface area contributed by atoms with Crippen LogP contribution in [0.2, 0.25) is 0 Å². The molecule has 182 valence electrons. The smallest absolute Gasteiger partial charge is 0.198 e. The Hall–Kier alpha value is -3.08. The Morgan fingerprint density at radius 3 is 1.36 bits per heavy atom. The number of pyridine rings is 2. The molecular formula is C32H34N2S2+2. The Bertz CT molecular complexity index is 1190. The topological polar surface area (TPSA) is 7.76 Å². The molecule has 36 heavy (non-hydrogen) atoms. The highest BCUT2D eigenvalue weighted by Crippen LogP contribution is 2.20. The molecule has 2 aromatic heterocycles. The van der Waals surface area contributed by atoms with Crippen molar-refractivity contribution in [1.29, 1.82) is 0 Å². The minimum Gasteiger partial charge on any atom is -0.198 e. The van der Waals surface area contributed by atoms with Crippen molar-refractivity contribution in [3.05, 3.63) is 131 Å². The van der Waals surface area contributed by atoms with Crippen molar-refractivity contribution >= 4 is 45.9 Å². The van der Waals surface area contributed by atoms with Crippen molar-refractivity contribution in [2.24, 2.45) is 0 Å². The molecule has 0 saturated heterocycles. The van der Waals surface area contributed by atoms with Gasteiger partial charge in [-0.05, 0) is 49.3 Å². The van der Waals surface area contributed by atoms with E-state index in [1.165, 1.54) is 33.6 Å². The minimum absolute atomic E-state index is 0.995. The predicted molar refractivity (Wildman–Crippen MR) is 158 cm³/mol. The first-order chi connectivity index (χ1) is 17.7. The van der Waals surface area contributed by atoms with Gasteiger partial charge in [-0.25, -0.2) is 0 Å². The number of aromatic nitrogens is 2. The second-order valence-corrected chi connectivity index (χ2v) is 11.5. The molecular weight excluding hydrogens is 477 g/mol. The van der Waals surface area contributed by atoms with E-state index in [2.05, 4.69) is 145 Å². The molecule has 0 fully saturated rings. The first-order valence-corrected chi connectivity index (χ1v) is 14.9. The summed E-state index contributed by atoms with van der Waals surface area (Å²) in [6.45, 7) is 6.23. The van der Waals surface area contributed by atoms with Crippen LogP contribution < -0.4 is 9.13 Å². The Balaban J connectivity index is 1.24. The van der Waals surface area contributed by atoms with Crippen molar-refractivity contribution < 1.29 is 9.13 Å². The van der Waals surface area contributed by atoms with Crippen LogP contribution in [-0.2, 0) is 13.1 Å². The van der Waals surface area contributed by atoms with Gasteiger partial charge >= 0.3 is 0 Å². The van der Waals surface area contributed by atoms with Crippen molar-refractivity contribution in [3.63, 3.8) is 0 Å². The van der Waals surface area contributed by atoms with E-state index in [-0.39, 0.29) is 0 Å². The van der Waals surface area contributed by atoms with Gasteiger partial charge < -0.3 is 0 Å². The summed E-state index contributed by atoms with van der Waals surface area (Å²) in [5, 5.41) is 0. The Morgan fingerprint density at radius 1 is 0.528 bits per heavy atom. The number of rotatable bonds is 11. The van der Waals surface area contributed by atoms with Crippen LogP contribution in [0.4, 0.5) is 0 Å². The van der Waals surface area contributed by atoms with E-state index in [0.717, 1.165) is 24.6 Å². The summed E-state index contributed by atoms with van der Waals surface area (Å²) in [5.41, 5.74) is 7.50. The van der Waals surface area contributed by atoms with Crippen molar-refractivity contribution in [3.8, 4) is 0 Å². The molecule has 0 N–H and O–H groups in total. The molecule has 0 aliphatic rings. The first kappa shape index (κ1) is 26.0. The van der Waals surface area contributed by atoms with E-state index in [1.807, 2.05) is 21.6 Å². The summed E-state index contributed by atoms with van der Waals surface area (Å²) < 4.78 is 4.66. The molecule has 2 heterocycles. The molecule has 4 aromatic rings. The fraction of sp³-hybridized carbons (Fsp3) is 0.188. The van der Waals surface area contributed by atoms with Gasteiger partial charge in [-0.15, -0.1) is 0 Å². The third kappa shape index (κ3) is 8.25. The van der Waals surface area contributed by atoms with Crippen LogP contribution in [0.25, 0.3) is 24.3 Å². The molecule has 0 atom stereocenters. The van der Waals surface area contributed by atoms with E-state index >= 15 is 0 Å². The average molecular weight is 511 g/mol. The number of aryl methyl sites for hydroxylation is 4. The largest absolute Gasteiger partial charge is 0.205 e. The third-order valence-electron chi connectivity index (χ3n) is 5.91. The van der Waals surface area contributed by atoms with Gasteiger partial charge in [0, 0.05) is 36.4 Å². The number of hydrogen-bond donors (Lipinski definition) is 0. The van der Waals surface area contributed by atoms with Crippen LogP contribution in [0, 0.1) is 13.8 Å². The summed E-state index contributed by atoms with van der Waals surface area (Å²) >= 11 is 0. The Kier molecular flexibility index (Phi) is 10.0. The van der Waals surface area contributed by atoms with E-state index in [1.54, 1.807) is 0 Å². The molecule has 0 spiro atoms. The summed E-state index contributed by atoms with van der Waals surface area (Å²) in [7, 11) is 3.90. The first-order valence-electron chi connectivity index (χ1n) is 12.4. The number of nitrogens with zero attached hydrogens (tertiary/aromatic N) is 2. The standard InChI is InChI=1S/C32H34N2S2/c1-27-9-13-29(14-10-27)17-19-31-7-3-5-21-33(31)23-25-35-36-26-24-34-22-6-4-8-32(34)20-18-30-15-11-28(2)12-16-30/h3-22H,23-26H2,1-2H3/q+2/b19-17+,20-18+. The van der Waals surface area contributed by atoms with E-state index in [0.29, 0.717) is 0 Å². The quantitative estimate of drug-likeness (QED) is 0.119. The van der Waals surface area contributed by atoms with Crippen molar-refractivity contribution in [1.82, 2.24) is 0 Å². The van der Waals surface area contributed by atoms with Crippen molar-refractivity contribution in [2.45, 2.75) is 26.9 Å². The monoisotopic (exact) mass is 510 g/mol. The van der Waals surface area contributed by atoms with Gasteiger partial charge in [-0.2, -0.15) is 9.13 Å². The summed E-state index contributed by atoms with van der Waals surface area (Å²) in [5.74, 6) is 2.15. The van der Waals surface area contributed by atoms with Gasteiger partial charge in [0.05, 0.1) is 11.5 Å². The van der Waals surface area contributed by atoms with Crippen molar-refractivity contribution in [2.75, 3.05) is 11.5 Å². The van der Waals surface area contributed by atoms with Crippen LogP contribution in [0.15, 0.2) is 97.3 Å². The zero-order valence-electron chi connectivity index (χ0n) is 21.1. The highest BCUT2D eigenvalue weighted by molar-refractivity contribution is 8.76. The van der Waals surface area contributed by atoms with Gasteiger partial charge in [0.1, 0.15) is 0 Å². The fourth-order valence-corrected chi connectivity index (χ4v) is 5.73. The normalized spacial score (nSPS) is 11.5. The van der Waals surface area contributed by atoms with Crippen LogP contribution in [0.3, 0.4) is 0 Å². The van der Waals surface area contributed by atoms with Gasteiger partial charge in [0.25, 0.3) is 0 Å². The van der Waals surface area contributed by atoms with Gasteiger partial charge in [-0.3, -0.25) is 0 Å². The zero-order valence-corrected chi connectivity index (χ0v) is 22.7. The summed E-state index contributed by atoms with van der Waals surface area (Å²) in [6, 6.07) is 30.1. The van der Waals surface area contributed by atoms with Gasteiger partial charge in [-0.1, -0.05) is 81.2 Å². The number of benzene rings is 2. The Morgan fingerprint density at radius 2 is 0.944 bits per heavy atom. The van der Waals surface area contributed by atoms with Crippen LogP contribution in [0.5, 0.6) is 0 Å². The van der Waals surface area contributed by atoms with E-state index in [4.69, 9.17) is 0 Å². The fourth-order valence-electron chi connectivity index (χ4n) is 3.80.